The number of ether oxygens (including phenoxy) is 1. The van der Waals surface area contributed by atoms with Gasteiger partial charge in [-0.25, -0.2) is 4.98 Å². The molecule has 4 rings (SSSR count). The van der Waals surface area contributed by atoms with E-state index in [-0.39, 0.29) is 0 Å². The van der Waals surface area contributed by atoms with Crippen molar-refractivity contribution in [3.05, 3.63) is 84.4 Å². The molecule has 1 heterocycles. The number of benzene rings is 3. The van der Waals surface area contributed by atoms with Crippen molar-refractivity contribution in [3.63, 3.8) is 0 Å². The molecule has 0 unspecified atom stereocenters. The Balaban J connectivity index is 1.70. The highest BCUT2D eigenvalue weighted by atomic mass is 16.5. The Hall–Kier alpha value is -3.83. The lowest BCUT2D eigenvalue weighted by Crippen LogP contribution is -2.07. The van der Waals surface area contributed by atoms with Gasteiger partial charge in [-0.3, -0.25) is 0 Å². The molecular weight excluding hydrogens is 420 g/mol. The predicted molar refractivity (Wildman–Crippen MR) is 144 cm³/mol. The number of hydrogen-bond acceptors (Lipinski definition) is 4. The zero-order chi connectivity index (χ0) is 23.9. The normalized spacial score (nSPS) is 11.2. The highest BCUT2D eigenvalue weighted by Gasteiger charge is 2.15. The van der Waals surface area contributed by atoms with Crippen molar-refractivity contribution in [2.45, 2.75) is 6.92 Å². The lowest BCUT2D eigenvalue weighted by molar-refractivity contribution is 0.178. The van der Waals surface area contributed by atoms with Crippen molar-refractivity contribution in [2.24, 2.45) is 0 Å². The quantitative estimate of drug-likeness (QED) is 0.282. The largest absolute Gasteiger partial charge is 0.388 e. The van der Waals surface area contributed by atoms with Gasteiger partial charge in [-0.1, -0.05) is 60.7 Å². The Morgan fingerprint density at radius 1 is 0.882 bits per heavy atom. The van der Waals surface area contributed by atoms with Crippen LogP contribution in [0.5, 0.6) is 0 Å². The summed E-state index contributed by atoms with van der Waals surface area (Å²) < 4.78 is 5.37. The number of rotatable bonds is 9. The molecule has 0 saturated heterocycles. The third-order valence-electron chi connectivity index (χ3n) is 5.74. The molecule has 1 aromatic heterocycles. The molecule has 3 aromatic carbocycles. The second-order valence-corrected chi connectivity index (χ2v) is 8.26. The zero-order valence-corrected chi connectivity index (χ0v) is 20.3. The zero-order valence-electron chi connectivity index (χ0n) is 20.3. The van der Waals surface area contributed by atoms with Crippen molar-refractivity contribution in [2.75, 3.05) is 44.6 Å². The van der Waals surface area contributed by atoms with E-state index in [2.05, 4.69) is 94.1 Å². The van der Waals surface area contributed by atoms with Crippen molar-refractivity contribution in [1.82, 2.24) is 9.97 Å². The van der Waals surface area contributed by atoms with E-state index in [1.54, 1.807) is 0 Å². The smallest absolute Gasteiger partial charge is 0.138 e. The fraction of sp³-hybridized carbons (Fsp3) is 0.207. The minimum absolute atomic E-state index is 0.627. The van der Waals surface area contributed by atoms with Crippen molar-refractivity contribution in [3.8, 4) is 33.9 Å². The van der Waals surface area contributed by atoms with Crippen LogP contribution < -0.4 is 10.2 Å². The molecule has 0 aliphatic heterocycles. The summed E-state index contributed by atoms with van der Waals surface area (Å²) in [6.45, 7) is 3.35. The summed E-state index contributed by atoms with van der Waals surface area (Å²) in [5.41, 5.74) is 8.55. The van der Waals surface area contributed by atoms with E-state index in [0.29, 0.717) is 6.61 Å². The van der Waals surface area contributed by atoms with Gasteiger partial charge in [-0.05, 0) is 36.8 Å². The van der Waals surface area contributed by atoms with Crippen LogP contribution in [-0.2, 0) is 4.74 Å². The summed E-state index contributed by atoms with van der Waals surface area (Å²) in [4.78, 5) is 10.7. The molecule has 5 heteroatoms. The van der Waals surface area contributed by atoms with Crippen molar-refractivity contribution in [1.29, 1.82) is 0 Å². The first-order valence-corrected chi connectivity index (χ1v) is 11.6. The predicted octanol–water partition coefficient (Wildman–Crippen LogP) is 6.57. The Kier molecular flexibility index (Phi) is 7.45. The second kappa shape index (κ2) is 10.9. The Labute approximate surface area is 202 Å². The summed E-state index contributed by atoms with van der Waals surface area (Å²) >= 11 is 0. The Morgan fingerprint density at radius 2 is 1.53 bits per heavy atom. The van der Waals surface area contributed by atoms with Crippen LogP contribution in [0.25, 0.3) is 40.0 Å². The van der Waals surface area contributed by atoms with E-state index in [4.69, 9.17) is 9.72 Å². The lowest BCUT2D eigenvalue weighted by Gasteiger charge is -2.12. The van der Waals surface area contributed by atoms with Crippen molar-refractivity contribution >= 4 is 17.5 Å². The van der Waals surface area contributed by atoms with Gasteiger partial charge in [0.1, 0.15) is 5.82 Å². The maximum Gasteiger partial charge on any atom is 0.138 e. The van der Waals surface area contributed by atoms with Crippen LogP contribution in [0.1, 0.15) is 12.5 Å². The third-order valence-corrected chi connectivity index (χ3v) is 5.74. The average molecular weight is 453 g/mol. The molecule has 0 fully saturated rings. The molecule has 0 amide bonds. The number of imidazole rings is 1. The standard InChI is InChI=1S/C29H32N4O/c1-5-34-20-6-7-21-8-10-24(11-9-21)29-31-27(22-12-16-25(30-2)17-13-22)28(32-29)23-14-18-26(19-15-23)33(3)4/h6-19,30H,5,20H2,1-4H3,(H,31,32)/b7-6+. The fourth-order valence-electron chi connectivity index (χ4n) is 3.77. The molecule has 34 heavy (non-hydrogen) atoms. The maximum absolute atomic E-state index is 5.37. The van der Waals surface area contributed by atoms with Gasteiger partial charge in [0.05, 0.1) is 18.0 Å². The molecule has 5 nitrogen and oxygen atoms in total. The number of hydrogen-bond donors (Lipinski definition) is 2. The molecule has 0 radical (unpaired) electrons. The molecule has 0 aliphatic rings. The highest BCUT2D eigenvalue weighted by molar-refractivity contribution is 5.82. The SMILES string of the molecule is CCOC/C=C/c1ccc(-c2nc(-c3ccc(N(C)C)cc3)c(-c3ccc(NC)cc3)[nH]2)cc1. The van der Waals surface area contributed by atoms with E-state index in [9.17, 15) is 0 Å². The van der Waals surface area contributed by atoms with Gasteiger partial charge >= 0.3 is 0 Å². The number of nitrogens with one attached hydrogen (secondary N) is 2. The van der Waals surface area contributed by atoms with E-state index < -0.39 is 0 Å². The van der Waals surface area contributed by atoms with Crippen LogP contribution >= 0.6 is 0 Å². The van der Waals surface area contributed by atoms with Crippen LogP contribution in [0.2, 0.25) is 0 Å². The minimum Gasteiger partial charge on any atom is -0.388 e. The summed E-state index contributed by atoms with van der Waals surface area (Å²) in [5, 5.41) is 3.18. The van der Waals surface area contributed by atoms with Gasteiger partial charge in [0, 0.05) is 55.8 Å². The molecule has 0 bridgehead atoms. The summed E-state index contributed by atoms with van der Waals surface area (Å²) in [6, 6.07) is 25.3. The lowest BCUT2D eigenvalue weighted by atomic mass is 10.0. The first-order valence-electron chi connectivity index (χ1n) is 11.6. The van der Waals surface area contributed by atoms with Crippen LogP contribution in [0.3, 0.4) is 0 Å². The first kappa shape index (κ1) is 23.3. The molecule has 0 atom stereocenters. The molecule has 2 N–H and O–H groups in total. The molecule has 0 saturated carbocycles. The van der Waals surface area contributed by atoms with E-state index in [1.165, 1.54) is 0 Å². The van der Waals surface area contributed by atoms with E-state index in [0.717, 1.165) is 57.4 Å². The third kappa shape index (κ3) is 5.38. The van der Waals surface area contributed by atoms with Gasteiger partial charge in [0.2, 0.25) is 0 Å². The summed E-state index contributed by atoms with van der Waals surface area (Å²) in [6.07, 6.45) is 4.11. The second-order valence-electron chi connectivity index (χ2n) is 8.26. The Morgan fingerprint density at radius 3 is 2.15 bits per heavy atom. The topological polar surface area (TPSA) is 53.2 Å². The number of anilines is 2. The minimum atomic E-state index is 0.627. The van der Waals surface area contributed by atoms with Gasteiger partial charge < -0.3 is 19.9 Å². The first-order chi connectivity index (χ1) is 16.6. The van der Waals surface area contributed by atoms with Gasteiger partial charge in [0.25, 0.3) is 0 Å². The van der Waals surface area contributed by atoms with Gasteiger partial charge in [-0.15, -0.1) is 0 Å². The average Bonchev–Trinajstić information content (AvgIpc) is 3.32. The molecule has 174 valence electrons. The van der Waals surface area contributed by atoms with E-state index >= 15 is 0 Å². The van der Waals surface area contributed by atoms with E-state index in [1.807, 2.05) is 34.1 Å². The molecule has 0 spiro atoms. The monoisotopic (exact) mass is 452 g/mol. The number of aromatic nitrogens is 2. The van der Waals surface area contributed by atoms with Crippen LogP contribution in [0.4, 0.5) is 11.4 Å². The Bertz CT molecular complexity index is 1220. The van der Waals surface area contributed by atoms with Crippen LogP contribution in [0, 0.1) is 0 Å². The molecule has 4 aromatic rings. The van der Waals surface area contributed by atoms with Crippen LogP contribution in [0.15, 0.2) is 78.9 Å². The fourth-order valence-corrected chi connectivity index (χ4v) is 3.77. The molecular formula is C29H32N4O. The van der Waals surface area contributed by atoms with Crippen LogP contribution in [-0.4, -0.2) is 44.3 Å². The number of nitrogens with zero attached hydrogens (tertiary/aromatic N) is 2. The summed E-state index contributed by atoms with van der Waals surface area (Å²) in [7, 11) is 6.02. The van der Waals surface area contributed by atoms with Gasteiger partial charge in [-0.2, -0.15) is 0 Å². The molecule has 0 aliphatic carbocycles. The number of aromatic amines is 1. The maximum atomic E-state index is 5.37. The summed E-state index contributed by atoms with van der Waals surface area (Å²) in [5.74, 6) is 0.851. The number of H-pyrrole nitrogens is 1. The highest BCUT2D eigenvalue weighted by Crippen LogP contribution is 2.34. The van der Waals surface area contributed by atoms with Crippen molar-refractivity contribution < 1.29 is 4.74 Å². The van der Waals surface area contributed by atoms with Gasteiger partial charge in [0.15, 0.2) is 0 Å².